The molecule has 0 aromatic heterocycles. The highest BCUT2D eigenvalue weighted by atomic mass is 19.4. The summed E-state index contributed by atoms with van der Waals surface area (Å²) in [6, 6.07) is 20.2. The molecule has 1 aliphatic rings. The molecule has 1 atom stereocenters. The van der Waals surface area contributed by atoms with Crippen LogP contribution in [0.15, 0.2) is 85.1 Å². The minimum absolute atomic E-state index is 0.0105. The van der Waals surface area contributed by atoms with Crippen LogP contribution in [0.2, 0.25) is 0 Å². The zero-order valence-electron chi connectivity index (χ0n) is 22.2. The first kappa shape index (κ1) is 28.1. The average molecular weight is 539 g/mol. The van der Waals surface area contributed by atoms with Gasteiger partial charge < -0.3 is 19.3 Å². The van der Waals surface area contributed by atoms with E-state index in [0.29, 0.717) is 43.3 Å². The van der Waals surface area contributed by atoms with Gasteiger partial charge in [0.25, 0.3) is 0 Å². The molecule has 4 rings (SSSR count). The summed E-state index contributed by atoms with van der Waals surface area (Å²) in [4.78, 5) is 17.7. The number of benzene rings is 3. The van der Waals surface area contributed by atoms with Gasteiger partial charge in [0.2, 0.25) is 5.91 Å². The SMILES string of the molecule is C=C(C(C(=O)N1CCCC1)c1ccccc1)N(CCc1ccc(C(F)(F)F)cc1)c1ccc(OC)c(OC)c1. The van der Waals surface area contributed by atoms with Crippen molar-refractivity contribution in [2.45, 2.75) is 31.4 Å². The Morgan fingerprint density at radius 1 is 0.949 bits per heavy atom. The molecule has 206 valence electrons. The Morgan fingerprint density at radius 3 is 2.18 bits per heavy atom. The van der Waals surface area contributed by atoms with Gasteiger partial charge in [-0.05, 0) is 54.7 Å². The summed E-state index contributed by atoms with van der Waals surface area (Å²) in [6.45, 7) is 6.21. The summed E-state index contributed by atoms with van der Waals surface area (Å²) in [6.07, 6.45) is -2.03. The van der Waals surface area contributed by atoms with E-state index in [-0.39, 0.29) is 5.91 Å². The zero-order chi connectivity index (χ0) is 28.0. The van der Waals surface area contributed by atoms with E-state index in [2.05, 4.69) is 6.58 Å². The summed E-state index contributed by atoms with van der Waals surface area (Å²) >= 11 is 0. The molecule has 1 unspecified atom stereocenters. The number of nitrogens with zero attached hydrogens (tertiary/aromatic N) is 2. The van der Waals surface area contributed by atoms with Gasteiger partial charge >= 0.3 is 6.18 Å². The molecule has 5 nitrogen and oxygen atoms in total. The third-order valence-corrected chi connectivity index (χ3v) is 7.06. The van der Waals surface area contributed by atoms with Gasteiger partial charge in [0.1, 0.15) is 5.92 Å². The van der Waals surface area contributed by atoms with Gasteiger partial charge in [0.15, 0.2) is 11.5 Å². The number of hydrogen-bond acceptors (Lipinski definition) is 4. The van der Waals surface area contributed by atoms with Crippen LogP contribution in [0.5, 0.6) is 11.5 Å². The third-order valence-electron chi connectivity index (χ3n) is 7.06. The van der Waals surface area contributed by atoms with Gasteiger partial charge in [0, 0.05) is 37.1 Å². The fourth-order valence-electron chi connectivity index (χ4n) is 4.93. The fraction of sp³-hybridized carbons (Fsp3) is 0.323. The quantitative estimate of drug-likeness (QED) is 0.288. The molecular formula is C31H33F3N2O3. The van der Waals surface area contributed by atoms with Crippen molar-refractivity contribution >= 4 is 11.6 Å². The first-order valence-corrected chi connectivity index (χ1v) is 12.9. The molecule has 0 bridgehead atoms. The molecule has 1 fully saturated rings. The van der Waals surface area contributed by atoms with E-state index in [9.17, 15) is 18.0 Å². The number of amides is 1. The van der Waals surface area contributed by atoms with Crippen molar-refractivity contribution in [3.8, 4) is 11.5 Å². The molecule has 1 aliphatic heterocycles. The predicted octanol–water partition coefficient (Wildman–Crippen LogP) is 6.69. The number of carbonyl (C=O) groups is 1. The lowest BCUT2D eigenvalue weighted by molar-refractivity contribution is -0.137. The highest BCUT2D eigenvalue weighted by Gasteiger charge is 2.33. The number of ether oxygens (including phenoxy) is 2. The van der Waals surface area contributed by atoms with Crippen LogP contribution in [0.3, 0.4) is 0 Å². The van der Waals surface area contributed by atoms with Crippen molar-refractivity contribution in [1.29, 1.82) is 0 Å². The molecule has 3 aromatic rings. The summed E-state index contributed by atoms with van der Waals surface area (Å²) < 4.78 is 50.1. The topological polar surface area (TPSA) is 42.0 Å². The van der Waals surface area contributed by atoms with Gasteiger partial charge in [-0.3, -0.25) is 4.79 Å². The standard InChI is InChI=1S/C31H33F3N2O3/c1-22(29(24-9-5-4-6-10-24)30(37)35-18-7-8-19-35)36(26-15-16-27(38-2)28(21-26)39-3)20-17-23-11-13-25(14-12-23)31(32,33)34/h4-6,9-16,21,29H,1,7-8,17-20H2,2-3H3. The second-order valence-electron chi connectivity index (χ2n) is 9.50. The summed E-state index contributed by atoms with van der Waals surface area (Å²) in [5.41, 5.74) is 2.20. The Hall–Kier alpha value is -3.94. The maximum atomic E-state index is 13.8. The number of alkyl halides is 3. The highest BCUT2D eigenvalue weighted by Crippen LogP contribution is 2.37. The largest absolute Gasteiger partial charge is 0.493 e. The number of carbonyl (C=O) groups excluding carboxylic acids is 1. The Morgan fingerprint density at radius 2 is 1.59 bits per heavy atom. The fourth-order valence-corrected chi connectivity index (χ4v) is 4.93. The number of halogens is 3. The Kier molecular flexibility index (Phi) is 8.84. The molecule has 0 N–H and O–H groups in total. The molecule has 0 saturated carbocycles. The summed E-state index contributed by atoms with van der Waals surface area (Å²) in [7, 11) is 3.10. The van der Waals surface area contributed by atoms with Crippen molar-refractivity contribution in [3.05, 3.63) is 102 Å². The molecule has 39 heavy (non-hydrogen) atoms. The Bertz CT molecular complexity index is 1270. The van der Waals surface area contributed by atoms with Crippen LogP contribution >= 0.6 is 0 Å². The van der Waals surface area contributed by atoms with Crippen molar-refractivity contribution in [2.75, 3.05) is 38.8 Å². The smallest absolute Gasteiger partial charge is 0.416 e. The first-order valence-electron chi connectivity index (χ1n) is 12.9. The molecule has 0 radical (unpaired) electrons. The molecule has 1 saturated heterocycles. The Balaban J connectivity index is 1.70. The van der Waals surface area contributed by atoms with E-state index in [1.165, 1.54) is 12.1 Å². The van der Waals surface area contributed by atoms with Crippen molar-refractivity contribution in [2.24, 2.45) is 0 Å². The van der Waals surface area contributed by atoms with E-state index in [1.807, 2.05) is 52.3 Å². The van der Waals surface area contributed by atoms with Gasteiger partial charge in [0.05, 0.1) is 19.8 Å². The van der Waals surface area contributed by atoms with Crippen LogP contribution in [0.1, 0.15) is 35.4 Å². The monoisotopic (exact) mass is 538 g/mol. The van der Waals surface area contributed by atoms with Crippen LogP contribution in [-0.4, -0.2) is 44.7 Å². The molecule has 0 spiro atoms. The predicted molar refractivity (Wildman–Crippen MR) is 146 cm³/mol. The van der Waals surface area contributed by atoms with Gasteiger partial charge in [-0.25, -0.2) is 0 Å². The number of rotatable bonds is 10. The summed E-state index contributed by atoms with van der Waals surface area (Å²) in [5.74, 6) is 0.445. The molecule has 1 amide bonds. The minimum Gasteiger partial charge on any atom is -0.493 e. The first-order chi connectivity index (χ1) is 18.7. The minimum atomic E-state index is -4.39. The molecule has 1 heterocycles. The molecule has 0 aliphatic carbocycles. The van der Waals surface area contributed by atoms with Crippen LogP contribution in [-0.2, 0) is 17.4 Å². The van der Waals surface area contributed by atoms with E-state index in [1.54, 1.807) is 20.3 Å². The van der Waals surface area contributed by atoms with E-state index in [4.69, 9.17) is 9.47 Å². The lowest BCUT2D eigenvalue weighted by Crippen LogP contribution is -2.38. The van der Waals surface area contributed by atoms with Gasteiger partial charge in [-0.15, -0.1) is 0 Å². The molecule has 8 heteroatoms. The second kappa shape index (κ2) is 12.3. The van der Waals surface area contributed by atoms with Crippen molar-refractivity contribution in [3.63, 3.8) is 0 Å². The molecular weight excluding hydrogens is 505 g/mol. The Labute approximate surface area is 227 Å². The lowest BCUT2D eigenvalue weighted by Gasteiger charge is -2.34. The third kappa shape index (κ3) is 6.56. The number of anilines is 1. The van der Waals surface area contributed by atoms with Crippen LogP contribution in [0, 0.1) is 0 Å². The molecule has 3 aromatic carbocycles. The normalized spacial score (nSPS) is 14.1. The average Bonchev–Trinajstić information content (AvgIpc) is 3.49. The van der Waals surface area contributed by atoms with Gasteiger partial charge in [-0.2, -0.15) is 13.2 Å². The van der Waals surface area contributed by atoms with Crippen LogP contribution < -0.4 is 14.4 Å². The maximum Gasteiger partial charge on any atom is 0.416 e. The van der Waals surface area contributed by atoms with E-state index < -0.39 is 17.7 Å². The maximum absolute atomic E-state index is 13.8. The van der Waals surface area contributed by atoms with Gasteiger partial charge in [-0.1, -0.05) is 49.0 Å². The van der Waals surface area contributed by atoms with Crippen LogP contribution in [0.4, 0.5) is 18.9 Å². The van der Waals surface area contributed by atoms with E-state index >= 15 is 0 Å². The lowest BCUT2D eigenvalue weighted by atomic mass is 9.93. The summed E-state index contributed by atoms with van der Waals surface area (Å²) in [5, 5.41) is 0. The zero-order valence-corrected chi connectivity index (χ0v) is 22.2. The highest BCUT2D eigenvalue weighted by molar-refractivity contribution is 5.88. The number of likely N-dealkylation sites (tertiary alicyclic amines) is 1. The second-order valence-corrected chi connectivity index (χ2v) is 9.50. The van der Waals surface area contributed by atoms with Crippen molar-refractivity contribution in [1.82, 2.24) is 4.90 Å². The van der Waals surface area contributed by atoms with E-state index in [0.717, 1.165) is 41.8 Å². The number of hydrogen-bond donors (Lipinski definition) is 0. The number of methoxy groups -OCH3 is 2. The van der Waals surface area contributed by atoms with Crippen LogP contribution in [0.25, 0.3) is 0 Å². The van der Waals surface area contributed by atoms with Crippen molar-refractivity contribution < 1.29 is 27.4 Å².